The Hall–Kier alpha value is -4.68. The zero-order valence-corrected chi connectivity index (χ0v) is 25.3. The van der Waals surface area contributed by atoms with Crippen LogP contribution in [0.15, 0.2) is 59.5 Å². The first-order valence-electron chi connectivity index (χ1n) is 14.0. The summed E-state index contributed by atoms with van der Waals surface area (Å²) in [6, 6.07) is 7.65. The monoisotopic (exact) mass is 648 g/mol. The molecule has 2 aromatic heterocycles. The van der Waals surface area contributed by atoms with Crippen molar-refractivity contribution in [2.75, 3.05) is 4.90 Å². The third kappa shape index (κ3) is 6.35. The number of alkyl halides is 6. The van der Waals surface area contributed by atoms with Gasteiger partial charge in [0.05, 0.1) is 16.5 Å². The Kier molecular flexibility index (Phi) is 8.24. The molecular formula is C33H28F8N4O. The smallest absolute Gasteiger partial charge is 0.335 e. The van der Waals surface area contributed by atoms with E-state index in [-0.39, 0.29) is 28.1 Å². The minimum absolute atomic E-state index is 0.141. The molecule has 0 unspecified atom stereocenters. The lowest BCUT2D eigenvalue weighted by atomic mass is 9.94. The highest BCUT2D eigenvalue weighted by molar-refractivity contribution is 5.96. The Bertz CT molecular complexity index is 1950. The summed E-state index contributed by atoms with van der Waals surface area (Å²) in [7, 11) is 3.01. The van der Waals surface area contributed by atoms with Gasteiger partial charge in [-0.05, 0) is 85.0 Å². The van der Waals surface area contributed by atoms with E-state index in [2.05, 4.69) is 4.98 Å². The fraction of sp³-hybridized carbons (Fsp3) is 0.273. The van der Waals surface area contributed by atoms with Crippen molar-refractivity contribution in [2.45, 2.75) is 46.2 Å². The largest absolute Gasteiger partial charge is 0.416 e. The Labute approximate surface area is 258 Å². The molecule has 5 nitrogen and oxygen atoms in total. The van der Waals surface area contributed by atoms with Gasteiger partial charge in [-0.3, -0.25) is 9.36 Å². The molecular weight excluding hydrogens is 620 g/mol. The van der Waals surface area contributed by atoms with E-state index in [1.807, 2.05) is 32.9 Å². The van der Waals surface area contributed by atoms with Gasteiger partial charge in [-0.25, -0.2) is 8.78 Å². The van der Waals surface area contributed by atoms with Gasteiger partial charge in [0, 0.05) is 38.9 Å². The maximum Gasteiger partial charge on any atom is 0.416 e. The Balaban J connectivity index is 1.72. The summed E-state index contributed by atoms with van der Waals surface area (Å²) >= 11 is 0. The zero-order valence-electron chi connectivity index (χ0n) is 25.3. The molecule has 5 rings (SSSR count). The van der Waals surface area contributed by atoms with Crippen molar-refractivity contribution in [1.82, 2.24) is 14.1 Å². The molecule has 13 heteroatoms. The summed E-state index contributed by atoms with van der Waals surface area (Å²) in [6.07, 6.45) is -8.05. The molecule has 3 aromatic carbocycles. The second-order valence-corrected chi connectivity index (χ2v) is 11.4. The maximum atomic E-state index is 14.4. The molecule has 0 aliphatic rings. The highest BCUT2D eigenvalue weighted by Crippen LogP contribution is 2.36. The van der Waals surface area contributed by atoms with E-state index >= 15 is 0 Å². The van der Waals surface area contributed by atoms with Crippen LogP contribution in [0.3, 0.4) is 0 Å². The van der Waals surface area contributed by atoms with E-state index in [1.165, 1.54) is 11.9 Å². The number of benzene rings is 3. The van der Waals surface area contributed by atoms with Crippen LogP contribution >= 0.6 is 0 Å². The topological polar surface area (TPSA) is 43.1 Å². The van der Waals surface area contributed by atoms with Crippen molar-refractivity contribution >= 4 is 17.0 Å². The van der Waals surface area contributed by atoms with Crippen molar-refractivity contribution in [2.24, 2.45) is 14.1 Å². The molecule has 0 saturated carbocycles. The Morgan fingerprint density at radius 3 is 1.67 bits per heavy atom. The van der Waals surface area contributed by atoms with Crippen LogP contribution in [-0.2, 0) is 39.5 Å². The Morgan fingerprint density at radius 2 is 1.22 bits per heavy atom. The fourth-order valence-electron chi connectivity index (χ4n) is 5.92. The lowest BCUT2D eigenvalue weighted by Gasteiger charge is -2.26. The summed E-state index contributed by atoms with van der Waals surface area (Å²) in [6.45, 7) is 4.73. The number of rotatable bonds is 6. The molecule has 0 saturated heterocycles. The van der Waals surface area contributed by atoms with Crippen molar-refractivity contribution in [3.63, 3.8) is 0 Å². The molecule has 0 aliphatic carbocycles. The molecule has 0 atom stereocenters. The second kappa shape index (κ2) is 11.6. The summed E-state index contributed by atoms with van der Waals surface area (Å²) in [5, 5.41) is 0.249. The SMILES string of the molecule is Cc1cc(C)c(-c2cn(C)c3nc(N(Cc4cc(F)cc(C(F)(F)F)c4)Cc4cc(F)cc(C(F)(F)F)c4)n(C)c(=O)c23)c(C)c1. The van der Waals surface area contributed by atoms with E-state index in [9.17, 15) is 39.9 Å². The average Bonchev–Trinajstić information content (AvgIpc) is 3.23. The number of halogens is 8. The number of nitrogens with zero attached hydrogens (tertiary/aromatic N) is 4. The predicted molar refractivity (Wildman–Crippen MR) is 158 cm³/mol. The van der Waals surface area contributed by atoms with Crippen LogP contribution in [-0.4, -0.2) is 14.1 Å². The molecule has 0 spiro atoms. The van der Waals surface area contributed by atoms with Gasteiger partial charge in [0.25, 0.3) is 5.56 Å². The summed E-state index contributed by atoms with van der Waals surface area (Å²) in [5.74, 6) is -2.52. The Morgan fingerprint density at radius 1 is 0.739 bits per heavy atom. The zero-order chi connectivity index (χ0) is 33.9. The van der Waals surface area contributed by atoms with Crippen LogP contribution < -0.4 is 10.5 Å². The van der Waals surface area contributed by atoms with Crippen LogP contribution in [0.4, 0.5) is 41.1 Å². The van der Waals surface area contributed by atoms with E-state index in [1.54, 1.807) is 17.8 Å². The second-order valence-electron chi connectivity index (χ2n) is 11.4. The van der Waals surface area contributed by atoms with Crippen LogP contribution in [0, 0.1) is 32.4 Å². The summed E-state index contributed by atoms with van der Waals surface area (Å²) < 4.78 is 113. The number of anilines is 1. The van der Waals surface area contributed by atoms with Gasteiger partial charge in [0.15, 0.2) is 0 Å². The number of aromatic nitrogens is 3. The summed E-state index contributed by atoms with van der Waals surface area (Å²) in [5.41, 5.74) is 0.971. The highest BCUT2D eigenvalue weighted by Gasteiger charge is 2.33. The van der Waals surface area contributed by atoms with Crippen molar-refractivity contribution < 1.29 is 35.1 Å². The van der Waals surface area contributed by atoms with E-state index in [0.717, 1.165) is 39.0 Å². The molecule has 0 N–H and O–H groups in total. The number of fused-ring (bicyclic) bond motifs is 1. The van der Waals surface area contributed by atoms with Gasteiger partial charge in [-0.15, -0.1) is 0 Å². The molecule has 2 heterocycles. The first kappa shape index (κ1) is 32.7. The van der Waals surface area contributed by atoms with E-state index in [4.69, 9.17) is 0 Å². The highest BCUT2D eigenvalue weighted by atomic mass is 19.4. The normalized spacial score (nSPS) is 12.3. The van der Waals surface area contributed by atoms with Gasteiger partial charge < -0.3 is 9.47 Å². The standard InChI is InChI=1S/C33H28F8N4O/c1-17-6-18(2)27(19(3)7-17)26-16-43(4)29-28(26)30(46)44(5)31(42-29)45(14-20-8-22(32(36,37)38)12-24(34)10-20)15-21-9-23(33(39,40)41)13-25(35)11-21/h6-13,16H,14-15H2,1-5H3. The van der Waals surface area contributed by atoms with Crippen LogP contribution in [0.2, 0.25) is 0 Å². The fourth-order valence-corrected chi connectivity index (χ4v) is 5.92. The van der Waals surface area contributed by atoms with Gasteiger partial charge in [-0.1, -0.05) is 17.7 Å². The third-order valence-electron chi connectivity index (χ3n) is 7.72. The molecule has 242 valence electrons. The molecule has 0 bridgehead atoms. The van der Waals surface area contributed by atoms with Gasteiger partial charge >= 0.3 is 12.4 Å². The minimum atomic E-state index is -4.89. The van der Waals surface area contributed by atoms with E-state index < -0.39 is 53.8 Å². The third-order valence-corrected chi connectivity index (χ3v) is 7.72. The summed E-state index contributed by atoms with van der Waals surface area (Å²) in [4.78, 5) is 19.9. The molecule has 0 aliphatic heterocycles. The minimum Gasteiger partial charge on any atom is -0.335 e. The lowest BCUT2D eigenvalue weighted by Crippen LogP contribution is -2.31. The van der Waals surface area contributed by atoms with Crippen LogP contribution in [0.25, 0.3) is 22.2 Å². The van der Waals surface area contributed by atoms with Gasteiger partial charge in [0.1, 0.15) is 17.3 Å². The van der Waals surface area contributed by atoms with Crippen molar-refractivity contribution in [3.05, 3.63) is 116 Å². The molecule has 0 radical (unpaired) electrons. The van der Waals surface area contributed by atoms with E-state index in [0.29, 0.717) is 29.8 Å². The molecule has 0 amide bonds. The van der Waals surface area contributed by atoms with Crippen molar-refractivity contribution in [1.29, 1.82) is 0 Å². The number of hydrogen-bond acceptors (Lipinski definition) is 3. The van der Waals surface area contributed by atoms with Crippen LogP contribution in [0.5, 0.6) is 0 Å². The number of hydrogen-bond donors (Lipinski definition) is 0. The number of aryl methyl sites for hydroxylation is 4. The van der Waals surface area contributed by atoms with Gasteiger partial charge in [-0.2, -0.15) is 31.3 Å². The van der Waals surface area contributed by atoms with Gasteiger partial charge in [0.2, 0.25) is 5.95 Å². The first-order chi connectivity index (χ1) is 21.3. The molecule has 0 fully saturated rings. The predicted octanol–water partition coefficient (Wildman–Crippen LogP) is 8.39. The van der Waals surface area contributed by atoms with Crippen molar-refractivity contribution in [3.8, 4) is 11.1 Å². The molecule has 46 heavy (non-hydrogen) atoms. The first-order valence-corrected chi connectivity index (χ1v) is 14.0. The lowest BCUT2D eigenvalue weighted by molar-refractivity contribution is -0.138. The molecule has 5 aromatic rings. The quantitative estimate of drug-likeness (QED) is 0.174. The maximum absolute atomic E-state index is 14.4. The van der Waals surface area contributed by atoms with Crippen LogP contribution in [0.1, 0.15) is 38.9 Å². The average molecular weight is 649 g/mol.